The normalized spacial score (nSPS) is 15.0. The van der Waals surface area contributed by atoms with Crippen molar-refractivity contribution in [1.29, 1.82) is 0 Å². The molecule has 0 aliphatic carbocycles. The van der Waals surface area contributed by atoms with Crippen LogP contribution in [0, 0.1) is 6.92 Å². The number of carbonyl (C=O) groups excluding carboxylic acids is 1. The Morgan fingerprint density at radius 1 is 1.11 bits per heavy atom. The second-order valence-electron chi connectivity index (χ2n) is 6.45. The first kappa shape index (κ1) is 16.9. The molecule has 0 saturated heterocycles. The van der Waals surface area contributed by atoms with Gasteiger partial charge in [-0.1, -0.05) is 36.4 Å². The highest BCUT2D eigenvalue weighted by Crippen LogP contribution is 2.33. The van der Waals surface area contributed by atoms with Crippen molar-refractivity contribution in [3.8, 4) is 0 Å². The number of pyridine rings is 1. The summed E-state index contributed by atoms with van der Waals surface area (Å²) in [5.41, 5.74) is 7.52. The van der Waals surface area contributed by atoms with Crippen LogP contribution in [0.3, 0.4) is 0 Å². The average molecular weight is 353 g/mol. The maximum Gasteiger partial charge on any atom is 0.256 e. The van der Waals surface area contributed by atoms with Crippen LogP contribution in [-0.2, 0) is 4.79 Å². The Morgan fingerprint density at radius 2 is 1.96 bits per heavy atom. The summed E-state index contributed by atoms with van der Waals surface area (Å²) >= 11 is 0. The zero-order valence-corrected chi connectivity index (χ0v) is 15.2. The molecule has 1 aliphatic heterocycles. The van der Waals surface area contributed by atoms with Gasteiger partial charge in [0.05, 0.1) is 5.71 Å². The van der Waals surface area contributed by atoms with E-state index in [1.807, 2.05) is 54.7 Å². The molecule has 1 N–H and O–H groups in total. The van der Waals surface area contributed by atoms with Crippen molar-refractivity contribution >= 4 is 29.0 Å². The molecule has 0 radical (unpaired) electrons. The molecule has 1 aliphatic rings. The van der Waals surface area contributed by atoms with Crippen molar-refractivity contribution in [3.05, 3.63) is 94.8 Å². The molecule has 1 aromatic heterocycles. The van der Waals surface area contributed by atoms with Crippen molar-refractivity contribution in [3.63, 3.8) is 0 Å². The van der Waals surface area contributed by atoms with Gasteiger partial charge < -0.3 is 5.32 Å². The smallest absolute Gasteiger partial charge is 0.256 e. The predicted octanol–water partition coefficient (Wildman–Crippen LogP) is 4.35. The third kappa shape index (κ3) is 3.17. The Hall–Kier alpha value is -3.53. The fourth-order valence-corrected chi connectivity index (χ4v) is 3.40. The molecule has 3 aromatic rings. The molecule has 0 unspecified atom stereocenters. The Kier molecular flexibility index (Phi) is 4.38. The quantitative estimate of drug-likeness (QED) is 0.562. The van der Waals surface area contributed by atoms with Gasteiger partial charge in [0.2, 0.25) is 0 Å². The number of rotatable bonds is 3. The molecule has 0 spiro atoms. The van der Waals surface area contributed by atoms with Crippen molar-refractivity contribution in [1.82, 2.24) is 4.98 Å². The van der Waals surface area contributed by atoms with Gasteiger partial charge >= 0.3 is 0 Å². The molecule has 4 nitrogen and oxygen atoms in total. The number of aryl methyl sites for hydroxylation is 1. The molecule has 0 fully saturated rings. The van der Waals surface area contributed by atoms with Gasteiger partial charge in [0.1, 0.15) is 0 Å². The van der Waals surface area contributed by atoms with Crippen LogP contribution in [-0.4, -0.2) is 23.7 Å². The molecule has 4 heteroatoms. The first-order valence-corrected chi connectivity index (χ1v) is 8.78. The number of hydrogen-bond acceptors (Lipinski definition) is 3. The average Bonchev–Trinajstić information content (AvgIpc) is 3.00. The zero-order chi connectivity index (χ0) is 18.8. The SMILES string of the molecule is CN=C(c1cccnc1)c1ccc(/C=C2/C(=O)Nc3ccccc32)cc1C. The number of nitrogens with one attached hydrogen (secondary N) is 1. The van der Waals surface area contributed by atoms with Crippen LogP contribution in [0.25, 0.3) is 11.6 Å². The van der Waals surface area contributed by atoms with Gasteiger partial charge in [-0.3, -0.25) is 14.8 Å². The highest BCUT2D eigenvalue weighted by Gasteiger charge is 2.23. The summed E-state index contributed by atoms with van der Waals surface area (Å²) in [6, 6.07) is 17.8. The van der Waals surface area contributed by atoms with Gasteiger partial charge in [-0.05, 0) is 42.3 Å². The molecule has 4 rings (SSSR count). The van der Waals surface area contributed by atoms with E-state index in [9.17, 15) is 4.79 Å². The number of fused-ring (bicyclic) bond motifs is 1. The molecule has 2 aromatic carbocycles. The number of anilines is 1. The number of benzene rings is 2. The molecule has 2 heterocycles. The summed E-state index contributed by atoms with van der Waals surface area (Å²) in [4.78, 5) is 21.0. The van der Waals surface area contributed by atoms with Gasteiger partial charge in [0, 0.05) is 47.4 Å². The van der Waals surface area contributed by atoms with Crippen LogP contribution in [0.2, 0.25) is 0 Å². The number of hydrogen-bond donors (Lipinski definition) is 1. The highest BCUT2D eigenvalue weighted by molar-refractivity contribution is 6.34. The number of carbonyl (C=O) groups is 1. The maximum atomic E-state index is 12.3. The third-order valence-corrected chi connectivity index (χ3v) is 4.69. The van der Waals surface area contributed by atoms with E-state index in [2.05, 4.69) is 34.3 Å². The summed E-state index contributed by atoms with van der Waals surface area (Å²) in [6.45, 7) is 2.06. The van der Waals surface area contributed by atoms with Gasteiger partial charge in [-0.2, -0.15) is 0 Å². The fourth-order valence-electron chi connectivity index (χ4n) is 3.40. The molecule has 0 saturated carbocycles. The van der Waals surface area contributed by atoms with Crippen LogP contribution >= 0.6 is 0 Å². The van der Waals surface area contributed by atoms with Crippen molar-refractivity contribution < 1.29 is 4.79 Å². The van der Waals surface area contributed by atoms with Gasteiger partial charge in [-0.25, -0.2) is 0 Å². The first-order valence-electron chi connectivity index (χ1n) is 8.78. The van der Waals surface area contributed by atoms with Crippen molar-refractivity contribution in [2.75, 3.05) is 12.4 Å². The Morgan fingerprint density at radius 3 is 2.70 bits per heavy atom. The molecule has 132 valence electrons. The number of amides is 1. The highest BCUT2D eigenvalue weighted by atomic mass is 16.2. The molecule has 0 atom stereocenters. The molecular formula is C23H19N3O. The summed E-state index contributed by atoms with van der Waals surface area (Å²) in [7, 11) is 1.79. The van der Waals surface area contributed by atoms with E-state index in [1.165, 1.54) is 0 Å². The molecule has 27 heavy (non-hydrogen) atoms. The van der Waals surface area contributed by atoms with E-state index in [-0.39, 0.29) is 5.91 Å². The molecule has 0 bridgehead atoms. The lowest BCUT2D eigenvalue weighted by molar-refractivity contribution is -0.110. The Balaban J connectivity index is 1.72. The van der Waals surface area contributed by atoms with E-state index >= 15 is 0 Å². The minimum absolute atomic E-state index is 0.0656. The lowest BCUT2D eigenvalue weighted by Crippen LogP contribution is -2.06. The zero-order valence-electron chi connectivity index (χ0n) is 15.2. The largest absolute Gasteiger partial charge is 0.321 e. The standard InChI is InChI=1S/C23H19N3O/c1-15-12-16(13-20-19-7-3-4-8-21(19)26-23(20)27)9-10-18(15)22(24-2)17-6-5-11-25-14-17/h3-14H,1-2H3,(H,26,27)/b20-13+,24-22?. The number of aliphatic imine (C=N–C) groups is 1. The Labute approximate surface area is 158 Å². The number of nitrogens with zero attached hydrogens (tertiary/aromatic N) is 2. The number of aromatic nitrogens is 1. The van der Waals surface area contributed by atoms with Crippen LogP contribution < -0.4 is 5.32 Å². The van der Waals surface area contributed by atoms with Crippen LogP contribution in [0.4, 0.5) is 5.69 Å². The van der Waals surface area contributed by atoms with Crippen LogP contribution in [0.15, 0.2) is 72.0 Å². The van der Waals surface area contributed by atoms with E-state index in [0.717, 1.165) is 39.2 Å². The topological polar surface area (TPSA) is 54.4 Å². The van der Waals surface area contributed by atoms with Gasteiger partial charge in [0.15, 0.2) is 0 Å². The fraction of sp³-hybridized carbons (Fsp3) is 0.0870. The van der Waals surface area contributed by atoms with Crippen LogP contribution in [0.5, 0.6) is 0 Å². The summed E-state index contributed by atoms with van der Waals surface area (Å²) < 4.78 is 0. The second-order valence-corrected chi connectivity index (χ2v) is 6.45. The summed E-state index contributed by atoms with van der Waals surface area (Å²) in [6.07, 6.45) is 5.51. The van der Waals surface area contributed by atoms with E-state index < -0.39 is 0 Å². The van der Waals surface area contributed by atoms with Gasteiger partial charge in [0.25, 0.3) is 5.91 Å². The second kappa shape index (κ2) is 7.00. The lowest BCUT2D eigenvalue weighted by Gasteiger charge is -2.10. The molecule has 1 amide bonds. The lowest BCUT2D eigenvalue weighted by atomic mass is 9.96. The Bertz CT molecular complexity index is 1080. The third-order valence-electron chi connectivity index (χ3n) is 4.69. The van der Waals surface area contributed by atoms with E-state index in [4.69, 9.17) is 0 Å². The predicted molar refractivity (Wildman–Crippen MR) is 110 cm³/mol. The van der Waals surface area contributed by atoms with Crippen molar-refractivity contribution in [2.45, 2.75) is 6.92 Å². The molecular weight excluding hydrogens is 334 g/mol. The van der Waals surface area contributed by atoms with Crippen molar-refractivity contribution in [2.24, 2.45) is 4.99 Å². The van der Waals surface area contributed by atoms with Gasteiger partial charge in [-0.15, -0.1) is 0 Å². The summed E-state index contributed by atoms with van der Waals surface area (Å²) in [5, 5.41) is 2.91. The minimum atomic E-state index is -0.0656. The monoisotopic (exact) mass is 353 g/mol. The van der Waals surface area contributed by atoms with E-state index in [1.54, 1.807) is 13.2 Å². The van der Waals surface area contributed by atoms with E-state index in [0.29, 0.717) is 5.57 Å². The minimum Gasteiger partial charge on any atom is -0.321 e. The summed E-state index contributed by atoms with van der Waals surface area (Å²) in [5.74, 6) is -0.0656. The van der Waals surface area contributed by atoms with Crippen LogP contribution in [0.1, 0.15) is 27.8 Å². The first-order chi connectivity index (χ1) is 13.2. The maximum absolute atomic E-state index is 12.3. The number of para-hydroxylation sites is 1.